The summed E-state index contributed by atoms with van der Waals surface area (Å²) < 4.78 is 45.1. The van der Waals surface area contributed by atoms with E-state index in [2.05, 4.69) is 15.5 Å². The number of nitrogens with zero attached hydrogens (tertiary/aromatic N) is 3. The molecule has 0 saturated carbocycles. The summed E-state index contributed by atoms with van der Waals surface area (Å²) in [6.45, 7) is 1.32. The van der Waals surface area contributed by atoms with Gasteiger partial charge >= 0.3 is 6.18 Å². The lowest BCUT2D eigenvalue weighted by Gasteiger charge is -2.07. The van der Waals surface area contributed by atoms with Crippen LogP contribution >= 0.6 is 0 Å². The first-order valence-corrected chi connectivity index (χ1v) is 8.77. The van der Waals surface area contributed by atoms with Crippen LogP contribution in [0.4, 0.5) is 13.2 Å². The molecule has 0 aliphatic rings. The molecule has 0 saturated heterocycles. The Labute approximate surface area is 159 Å². The van der Waals surface area contributed by atoms with Crippen LogP contribution in [0.1, 0.15) is 24.0 Å². The van der Waals surface area contributed by atoms with Crippen molar-refractivity contribution < 1.29 is 22.5 Å². The van der Waals surface area contributed by atoms with Gasteiger partial charge in [-0.1, -0.05) is 17.3 Å². The molecule has 2 aromatic heterocycles. The van der Waals surface area contributed by atoms with Gasteiger partial charge in [-0.25, -0.2) is 4.98 Å². The molecule has 0 aliphatic carbocycles. The van der Waals surface area contributed by atoms with E-state index in [9.17, 15) is 18.0 Å². The van der Waals surface area contributed by atoms with Crippen LogP contribution in [0.2, 0.25) is 0 Å². The molecule has 1 aromatic carbocycles. The minimum absolute atomic E-state index is 0.106. The highest BCUT2D eigenvalue weighted by molar-refractivity contribution is 5.76. The summed E-state index contributed by atoms with van der Waals surface area (Å²) in [4.78, 5) is 15.9. The monoisotopic (exact) mass is 392 g/mol. The van der Waals surface area contributed by atoms with Gasteiger partial charge in [-0.3, -0.25) is 4.79 Å². The summed E-state index contributed by atoms with van der Waals surface area (Å²) in [5, 5.41) is 6.56. The fourth-order valence-corrected chi connectivity index (χ4v) is 2.73. The zero-order valence-electron chi connectivity index (χ0n) is 14.9. The Kier molecular flexibility index (Phi) is 6.13. The topological polar surface area (TPSA) is 73.0 Å². The molecule has 3 rings (SSSR count). The number of halogens is 3. The predicted octanol–water partition coefficient (Wildman–Crippen LogP) is 3.70. The number of hydrogen-bond acceptors (Lipinski definition) is 4. The van der Waals surface area contributed by atoms with Crippen molar-refractivity contribution in [2.24, 2.45) is 0 Å². The molecule has 0 fully saturated rings. The lowest BCUT2D eigenvalue weighted by atomic mass is 10.0. The van der Waals surface area contributed by atoms with Gasteiger partial charge < -0.3 is 14.4 Å². The second-order valence-corrected chi connectivity index (χ2v) is 6.26. The zero-order chi connectivity index (χ0) is 20.0. The Morgan fingerprint density at radius 3 is 2.68 bits per heavy atom. The maximum atomic E-state index is 12.7. The molecule has 0 atom stereocenters. The van der Waals surface area contributed by atoms with Crippen molar-refractivity contribution in [1.82, 2.24) is 20.0 Å². The minimum atomic E-state index is -4.39. The van der Waals surface area contributed by atoms with Gasteiger partial charge in [0.15, 0.2) is 5.76 Å². The maximum absolute atomic E-state index is 12.7. The van der Waals surface area contributed by atoms with E-state index in [4.69, 9.17) is 4.52 Å². The van der Waals surface area contributed by atoms with Gasteiger partial charge in [-0.05, 0) is 25.0 Å². The molecule has 3 aromatic rings. The Hall–Kier alpha value is -3.10. The van der Waals surface area contributed by atoms with Gasteiger partial charge in [0.1, 0.15) is 0 Å². The number of nitrogens with one attached hydrogen (secondary N) is 1. The second-order valence-electron chi connectivity index (χ2n) is 6.26. The maximum Gasteiger partial charge on any atom is 0.416 e. The van der Waals surface area contributed by atoms with Crippen molar-refractivity contribution in [3.8, 4) is 11.3 Å². The van der Waals surface area contributed by atoms with Crippen LogP contribution in [0.15, 0.2) is 53.7 Å². The van der Waals surface area contributed by atoms with Crippen molar-refractivity contribution in [2.75, 3.05) is 6.54 Å². The molecule has 0 spiro atoms. The first kappa shape index (κ1) is 19.7. The Morgan fingerprint density at radius 1 is 1.21 bits per heavy atom. The van der Waals surface area contributed by atoms with Crippen LogP contribution in [0, 0.1) is 0 Å². The molecule has 1 N–H and O–H groups in total. The van der Waals surface area contributed by atoms with E-state index < -0.39 is 11.7 Å². The molecule has 0 bridgehead atoms. The van der Waals surface area contributed by atoms with E-state index in [1.807, 2.05) is 10.8 Å². The highest BCUT2D eigenvalue weighted by Gasteiger charge is 2.30. The Morgan fingerprint density at radius 2 is 2.00 bits per heavy atom. The molecule has 1 amide bonds. The third-order valence-corrected chi connectivity index (χ3v) is 4.21. The summed E-state index contributed by atoms with van der Waals surface area (Å²) in [7, 11) is 0. The SMILES string of the molecule is O=C(CCc1cnoc1-c1ccc(C(F)(F)F)cc1)NCCCn1ccnc1. The van der Waals surface area contributed by atoms with Crippen LogP contribution in [0.5, 0.6) is 0 Å². The van der Waals surface area contributed by atoms with Gasteiger partial charge in [0.25, 0.3) is 0 Å². The van der Waals surface area contributed by atoms with Crippen molar-refractivity contribution in [3.05, 3.63) is 60.3 Å². The highest BCUT2D eigenvalue weighted by Crippen LogP contribution is 2.32. The van der Waals surface area contributed by atoms with Crippen molar-refractivity contribution >= 4 is 5.91 Å². The Balaban J connectivity index is 1.49. The summed E-state index contributed by atoms with van der Waals surface area (Å²) in [6, 6.07) is 4.66. The number of hydrogen-bond donors (Lipinski definition) is 1. The van der Waals surface area contributed by atoms with E-state index in [-0.39, 0.29) is 12.3 Å². The lowest BCUT2D eigenvalue weighted by molar-refractivity contribution is -0.137. The van der Waals surface area contributed by atoms with Gasteiger partial charge in [0.05, 0.1) is 18.1 Å². The van der Waals surface area contributed by atoms with Crippen LogP contribution in [-0.2, 0) is 23.9 Å². The number of aromatic nitrogens is 3. The van der Waals surface area contributed by atoms with Gasteiger partial charge in [0.2, 0.25) is 5.91 Å². The lowest BCUT2D eigenvalue weighted by Crippen LogP contribution is -2.25. The van der Waals surface area contributed by atoms with E-state index in [0.29, 0.717) is 29.9 Å². The first-order chi connectivity index (χ1) is 13.4. The predicted molar refractivity (Wildman–Crippen MR) is 95.1 cm³/mol. The normalized spacial score (nSPS) is 11.5. The van der Waals surface area contributed by atoms with Gasteiger partial charge in [-0.15, -0.1) is 0 Å². The number of alkyl halides is 3. The van der Waals surface area contributed by atoms with E-state index in [1.165, 1.54) is 18.3 Å². The molecule has 0 radical (unpaired) electrons. The van der Waals surface area contributed by atoms with E-state index >= 15 is 0 Å². The molecule has 6 nitrogen and oxygen atoms in total. The molecule has 28 heavy (non-hydrogen) atoms. The minimum Gasteiger partial charge on any atom is -0.356 e. The molecule has 9 heteroatoms. The van der Waals surface area contributed by atoms with Crippen LogP contribution in [-0.4, -0.2) is 27.2 Å². The third kappa shape index (κ3) is 5.21. The largest absolute Gasteiger partial charge is 0.416 e. The first-order valence-electron chi connectivity index (χ1n) is 8.77. The van der Waals surface area contributed by atoms with Gasteiger partial charge in [-0.2, -0.15) is 13.2 Å². The van der Waals surface area contributed by atoms with Crippen molar-refractivity contribution in [2.45, 2.75) is 32.0 Å². The standard InChI is InChI=1S/C19H19F3N4O2/c20-19(21,22)16-5-2-14(3-6-16)18-15(12-25-28-18)4-7-17(27)24-8-1-10-26-11-9-23-13-26/h2-3,5-6,9,11-13H,1,4,7-8,10H2,(H,24,27). The highest BCUT2D eigenvalue weighted by atomic mass is 19.4. The molecule has 0 aliphatic heterocycles. The third-order valence-electron chi connectivity index (χ3n) is 4.21. The molecule has 2 heterocycles. The molecular weight excluding hydrogens is 373 g/mol. The summed E-state index contributed by atoms with van der Waals surface area (Å²) in [6.07, 6.45) is 3.77. The molecule has 0 unspecified atom stereocenters. The second kappa shape index (κ2) is 8.73. The fraction of sp³-hybridized carbons (Fsp3) is 0.316. The smallest absolute Gasteiger partial charge is 0.356 e. The number of imidazole rings is 1. The number of benzene rings is 1. The zero-order valence-corrected chi connectivity index (χ0v) is 14.9. The molecule has 148 valence electrons. The average molecular weight is 392 g/mol. The molecular formula is C19H19F3N4O2. The van der Waals surface area contributed by atoms with Crippen LogP contribution in [0.3, 0.4) is 0 Å². The fourth-order valence-electron chi connectivity index (χ4n) is 2.73. The number of carbonyl (C=O) groups excluding carboxylic acids is 1. The number of amides is 1. The summed E-state index contributed by atoms with van der Waals surface area (Å²) >= 11 is 0. The van der Waals surface area contributed by atoms with E-state index in [0.717, 1.165) is 25.1 Å². The summed E-state index contributed by atoms with van der Waals surface area (Å²) in [5.74, 6) is 0.270. The van der Waals surface area contributed by atoms with E-state index in [1.54, 1.807) is 12.5 Å². The number of aryl methyl sites for hydroxylation is 2. The average Bonchev–Trinajstić information content (AvgIpc) is 3.34. The van der Waals surface area contributed by atoms with Gasteiger partial charge in [0, 0.05) is 43.0 Å². The van der Waals surface area contributed by atoms with Crippen molar-refractivity contribution in [3.63, 3.8) is 0 Å². The quantitative estimate of drug-likeness (QED) is 0.594. The van der Waals surface area contributed by atoms with Crippen LogP contribution < -0.4 is 5.32 Å². The van der Waals surface area contributed by atoms with Crippen molar-refractivity contribution in [1.29, 1.82) is 0 Å². The van der Waals surface area contributed by atoms with Crippen LogP contribution in [0.25, 0.3) is 11.3 Å². The Bertz CT molecular complexity index is 887. The summed E-state index contributed by atoms with van der Waals surface area (Å²) in [5.41, 5.74) is 0.432. The number of carbonyl (C=O) groups is 1. The number of rotatable bonds is 8.